The van der Waals surface area contributed by atoms with Gasteiger partial charge < -0.3 is 20.6 Å². The van der Waals surface area contributed by atoms with Gasteiger partial charge in [0.05, 0.1) is 6.10 Å². The third-order valence-electron chi connectivity index (χ3n) is 2.73. The minimum Gasteiger partial charge on any atom is -0.480 e. The summed E-state index contributed by atoms with van der Waals surface area (Å²) in [6.45, 7) is 2.42. The average molecular weight is 247 g/mol. The number of nitrogens with one attached hydrogen (secondary N) is 1. The Morgan fingerprint density at radius 3 is 2.47 bits per heavy atom. The maximum Gasteiger partial charge on any atom is 0.320 e. The van der Waals surface area contributed by atoms with E-state index in [0.717, 1.165) is 25.7 Å². The quantitative estimate of drug-likeness (QED) is 0.404. The Balaban J connectivity index is 3.61. The monoisotopic (exact) mass is 247 g/mol. The van der Waals surface area contributed by atoms with Crippen LogP contribution < -0.4 is 5.32 Å². The molecule has 0 aliphatic rings. The lowest BCUT2D eigenvalue weighted by Crippen LogP contribution is -2.38. The predicted octanol–water partition coefficient (Wildman–Crippen LogP) is 0.743. The molecule has 0 amide bonds. The number of carboxylic acids is 1. The highest BCUT2D eigenvalue weighted by Crippen LogP contribution is 2.05. The molecule has 2 atom stereocenters. The number of hydrogen-bond acceptors (Lipinski definition) is 4. The lowest BCUT2D eigenvalue weighted by atomic mass is 10.1. The van der Waals surface area contributed by atoms with Gasteiger partial charge in [0.1, 0.15) is 6.04 Å². The standard InChI is InChI=1S/C12H25NO4/c1-2-3-4-5-10(15)6-8-13-11(7-9-14)12(16)17/h10-11,13-15H,2-9H2,1H3,(H,16,17)/t10?,11-/m0/s1. The molecule has 0 saturated carbocycles. The zero-order valence-electron chi connectivity index (χ0n) is 10.6. The fourth-order valence-electron chi connectivity index (χ4n) is 1.64. The van der Waals surface area contributed by atoms with Crippen molar-refractivity contribution in [3.8, 4) is 0 Å². The first kappa shape index (κ1) is 16.4. The number of carbonyl (C=O) groups is 1. The Morgan fingerprint density at radius 1 is 1.24 bits per heavy atom. The Labute approximate surface area is 103 Å². The maximum absolute atomic E-state index is 10.7. The maximum atomic E-state index is 10.7. The summed E-state index contributed by atoms with van der Waals surface area (Å²) < 4.78 is 0. The second kappa shape index (κ2) is 10.5. The van der Waals surface area contributed by atoms with Crippen LogP contribution in [0.5, 0.6) is 0 Å². The molecule has 5 heteroatoms. The summed E-state index contributed by atoms with van der Waals surface area (Å²) in [5.41, 5.74) is 0. The first-order valence-electron chi connectivity index (χ1n) is 6.36. The van der Waals surface area contributed by atoms with E-state index in [1.165, 1.54) is 0 Å². The number of aliphatic hydroxyl groups is 2. The minimum absolute atomic E-state index is 0.150. The topological polar surface area (TPSA) is 89.8 Å². The first-order chi connectivity index (χ1) is 8.11. The van der Waals surface area contributed by atoms with E-state index in [-0.39, 0.29) is 19.1 Å². The molecule has 4 N–H and O–H groups in total. The summed E-state index contributed by atoms with van der Waals surface area (Å²) >= 11 is 0. The molecule has 5 nitrogen and oxygen atoms in total. The van der Waals surface area contributed by atoms with E-state index in [4.69, 9.17) is 10.2 Å². The van der Waals surface area contributed by atoms with Crippen LogP contribution in [0, 0.1) is 0 Å². The first-order valence-corrected chi connectivity index (χ1v) is 6.36. The number of unbranched alkanes of at least 4 members (excludes halogenated alkanes) is 2. The summed E-state index contributed by atoms with van der Waals surface area (Å²) in [6, 6.07) is -0.720. The molecule has 0 radical (unpaired) electrons. The molecule has 0 aromatic heterocycles. The van der Waals surface area contributed by atoms with Crippen LogP contribution >= 0.6 is 0 Å². The Morgan fingerprint density at radius 2 is 1.94 bits per heavy atom. The van der Waals surface area contributed by atoms with Gasteiger partial charge >= 0.3 is 5.97 Å². The van der Waals surface area contributed by atoms with Crippen LogP contribution in [0.15, 0.2) is 0 Å². The lowest BCUT2D eigenvalue weighted by molar-refractivity contribution is -0.139. The lowest BCUT2D eigenvalue weighted by Gasteiger charge is -2.15. The molecule has 0 saturated heterocycles. The van der Waals surface area contributed by atoms with E-state index < -0.39 is 12.0 Å². The van der Waals surface area contributed by atoms with Gasteiger partial charge in [0, 0.05) is 6.61 Å². The van der Waals surface area contributed by atoms with Gasteiger partial charge in [-0.15, -0.1) is 0 Å². The van der Waals surface area contributed by atoms with Crippen molar-refractivity contribution in [2.45, 2.75) is 57.6 Å². The normalized spacial score (nSPS) is 14.5. The van der Waals surface area contributed by atoms with Crippen LogP contribution in [-0.2, 0) is 4.79 Å². The fourth-order valence-corrected chi connectivity index (χ4v) is 1.64. The van der Waals surface area contributed by atoms with Crippen molar-refractivity contribution < 1.29 is 20.1 Å². The summed E-state index contributed by atoms with van der Waals surface area (Å²) in [6.07, 6.45) is 4.41. The Hall–Kier alpha value is -0.650. The highest BCUT2D eigenvalue weighted by Gasteiger charge is 2.15. The number of hydrogen-bond donors (Lipinski definition) is 4. The highest BCUT2D eigenvalue weighted by molar-refractivity contribution is 5.73. The van der Waals surface area contributed by atoms with Gasteiger partial charge in [0.2, 0.25) is 0 Å². The van der Waals surface area contributed by atoms with Crippen LogP contribution in [0.4, 0.5) is 0 Å². The molecular weight excluding hydrogens is 222 g/mol. The van der Waals surface area contributed by atoms with Crippen molar-refractivity contribution in [3.63, 3.8) is 0 Å². The number of rotatable bonds is 11. The molecular formula is C12H25NO4. The van der Waals surface area contributed by atoms with Gasteiger partial charge in [-0.3, -0.25) is 4.79 Å². The van der Waals surface area contributed by atoms with Gasteiger partial charge in [0.25, 0.3) is 0 Å². The molecule has 0 aliphatic carbocycles. The number of aliphatic carboxylic acids is 1. The van der Waals surface area contributed by atoms with E-state index in [1.807, 2.05) is 0 Å². The SMILES string of the molecule is CCCCCC(O)CCN[C@@H](CCO)C(=O)O. The highest BCUT2D eigenvalue weighted by atomic mass is 16.4. The summed E-state index contributed by atoms with van der Waals surface area (Å²) in [5, 5.41) is 29.9. The largest absolute Gasteiger partial charge is 0.480 e. The van der Waals surface area contributed by atoms with Gasteiger partial charge in [-0.25, -0.2) is 0 Å². The second-order valence-corrected chi connectivity index (χ2v) is 4.30. The molecule has 0 fully saturated rings. The Kier molecular flexibility index (Phi) is 10.1. The molecule has 0 bridgehead atoms. The molecule has 0 spiro atoms. The van der Waals surface area contributed by atoms with E-state index >= 15 is 0 Å². The molecule has 1 unspecified atom stereocenters. The second-order valence-electron chi connectivity index (χ2n) is 4.30. The molecule has 102 valence electrons. The van der Waals surface area contributed by atoms with Crippen LogP contribution in [0.3, 0.4) is 0 Å². The number of carboxylic acid groups (broad SMARTS) is 1. The molecule has 0 aromatic carbocycles. The van der Waals surface area contributed by atoms with E-state index in [0.29, 0.717) is 13.0 Å². The van der Waals surface area contributed by atoms with Crippen molar-refractivity contribution >= 4 is 5.97 Å². The molecule has 17 heavy (non-hydrogen) atoms. The van der Waals surface area contributed by atoms with Crippen LogP contribution in [0.1, 0.15) is 45.4 Å². The van der Waals surface area contributed by atoms with Crippen LogP contribution in [0.2, 0.25) is 0 Å². The molecule has 0 heterocycles. The van der Waals surface area contributed by atoms with Gasteiger partial charge in [-0.1, -0.05) is 26.2 Å². The summed E-state index contributed by atoms with van der Waals surface area (Å²) in [7, 11) is 0. The van der Waals surface area contributed by atoms with E-state index in [2.05, 4.69) is 12.2 Å². The fraction of sp³-hybridized carbons (Fsp3) is 0.917. The van der Waals surface area contributed by atoms with E-state index in [9.17, 15) is 9.90 Å². The van der Waals surface area contributed by atoms with Gasteiger partial charge in [-0.2, -0.15) is 0 Å². The third-order valence-corrected chi connectivity index (χ3v) is 2.73. The smallest absolute Gasteiger partial charge is 0.320 e. The molecule has 0 aromatic rings. The van der Waals surface area contributed by atoms with Crippen molar-refractivity contribution in [2.75, 3.05) is 13.2 Å². The van der Waals surface area contributed by atoms with Crippen LogP contribution in [-0.4, -0.2) is 46.6 Å². The summed E-state index contributed by atoms with van der Waals surface area (Å²) in [4.78, 5) is 10.7. The predicted molar refractivity (Wildman–Crippen MR) is 65.9 cm³/mol. The zero-order valence-corrected chi connectivity index (χ0v) is 10.6. The zero-order chi connectivity index (χ0) is 13.1. The molecule has 0 aliphatic heterocycles. The van der Waals surface area contributed by atoms with Crippen molar-refractivity contribution in [3.05, 3.63) is 0 Å². The van der Waals surface area contributed by atoms with Crippen LogP contribution in [0.25, 0.3) is 0 Å². The van der Waals surface area contributed by atoms with Crippen molar-refractivity contribution in [1.82, 2.24) is 5.32 Å². The van der Waals surface area contributed by atoms with E-state index in [1.54, 1.807) is 0 Å². The summed E-state index contributed by atoms with van der Waals surface area (Å²) in [5.74, 6) is -0.959. The minimum atomic E-state index is -0.959. The Bertz CT molecular complexity index is 199. The third kappa shape index (κ3) is 9.09. The van der Waals surface area contributed by atoms with Gasteiger partial charge in [-0.05, 0) is 25.8 Å². The average Bonchev–Trinajstić information content (AvgIpc) is 2.28. The van der Waals surface area contributed by atoms with Crippen molar-refractivity contribution in [1.29, 1.82) is 0 Å². The molecule has 0 rings (SSSR count). The number of aliphatic hydroxyl groups excluding tert-OH is 2. The van der Waals surface area contributed by atoms with Gasteiger partial charge in [0.15, 0.2) is 0 Å². The van der Waals surface area contributed by atoms with Crippen molar-refractivity contribution in [2.24, 2.45) is 0 Å².